The maximum atomic E-state index is 12.4. The van der Waals surface area contributed by atoms with Gasteiger partial charge in [-0.2, -0.15) is 13.2 Å². The van der Waals surface area contributed by atoms with Crippen molar-refractivity contribution in [3.63, 3.8) is 0 Å². The maximum absolute atomic E-state index is 12.4. The molecule has 0 aliphatic carbocycles. The van der Waals surface area contributed by atoms with E-state index in [0.29, 0.717) is 31.4 Å². The van der Waals surface area contributed by atoms with Crippen LogP contribution in [0, 0.1) is 5.92 Å². The largest absolute Gasteiger partial charge is 0.401 e. The monoisotopic (exact) mass is 335 g/mol. The third-order valence-corrected chi connectivity index (χ3v) is 4.64. The zero-order valence-electron chi connectivity index (χ0n) is 14.0. The molecule has 2 N–H and O–H groups in total. The zero-order valence-corrected chi connectivity index (χ0v) is 14.0. The quantitative estimate of drug-likeness (QED) is 0.597. The Balaban J connectivity index is 1.69. The maximum Gasteiger partial charge on any atom is 0.401 e. The number of alkyl halides is 3. The second kappa shape index (κ2) is 8.19. The van der Waals surface area contributed by atoms with Crippen molar-refractivity contribution in [2.45, 2.75) is 31.5 Å². The number of nitrogens with one attached hydrogen (secondary N) is 2. The highest BCUT2D eigenvalue weighted by Gasteiger charge is 2.34. The van der Waals surface area contributed by atoms with Crippen molar-refractivity contribution in [2.75, 3.05) is 53.4 Å². The number of aliphatic imine (C=N–C) groups is 1. The highest BCUT2D eigenvalue weighted by atomic mass is 19.4. The normalized spacial score (nSPS) is 25.8. The minimum Gasteiger partial charge on any atom is -0.356 e. The van der Waals surface area contributed by atoms with Crippen LogP contribution < -0.4 is 10.6 Å². The van der Waals surface area contributed by atoms with Crippen molar-refractivity contribution >= 4 is 5.96 Å². The smallest absolute Gasteiger partial charge is 0.356 e. The van der Waals surface area contributed by atoms with Gasteiger partial charge in [0.15, 0.2) is 5.96 Å². The molecule has 0 bridgehead atoms. The summed E-state index contributed by atoms with van der Waals surface area (Å²) >= 11 is 0. The van der Waals surface area contributed by atoms with Gasteiger partial charge in [-0.05, 0) is 45.3 Å². The molecule has 2 saturated heterocycles. The van der Waals surface area contributed by atoms with Gasteiger partial charge in [0.2, 0.25) is 0 Å². The Morgan fingerprint density at radius 2 is 1.87 bits per heavy atom. The van der Waals surface area contributed by atoms with Crippen molar-refractivity contribution in [3.05, 3.63) is 0 Å². The Morgan fingerprint density at radius 3 is 2.48 bits per heavy atom. The summed E-state index contributed by atoms with van der Waals surface area (Å²) in [7, 11) is 3.84. The van der Waals surface area contributed by atoms with E-state index < -0.39 is 12.7 Å². The van der Waals surface area contributed by atoms with Gasteiger partial charge in [-0.1, -0.05) is 0 Å². The molecule has 2 rings (SSSR count). The number of hydrogen-bond donors (Lipinski definition) is 2. The highest BCUT2D eigenvalue weighted by molar-refractivity contribution is 5.80. The van der Waals surface area contributed by atoms with Crippen molar-refractivity contribution in [1.29, 1.82) is 0 Å². The number of hydrogen-bond acceptors (Lipinski definition) is 3. The predicted molar refractivity (Wildman–Crippen MR) is 85.6 cm³/mol. The average Bonchev–Trinajstić information content (AvgIpc) is 2.90. The Kier molecular flexibility index (Phi) is 6.52. The SMILES string of the molecule is CN=C(NCC1CCN(C)CC1)NC1CCN(CC(F)(F)F)C1. The summed E-state index contributed by atoms with van der Waals surface area (Å²) < 4.78 is 37.2. The summed E-state index contributed by atoms with van der Waals surface area (Å²) in [6, 6.07) is 0.0287. The van der Waals surface area contributed by atoms with Crippen LogP contribution in [-0.4, -0.2) is 81.3 Å². The van der Waals surface area contributed by atoms with Gasteiger partial charge < -0.3 is 15.5 Å². The molecular weight excluding hydrogens is 307 g/mol. The molecule has 2 aliphatic rings. The molecular formula is C15H28F3N5. The molecule has 0 spiro atoms. The Bertz CT molecular complexity index is 391. The van der Waals surface area contributed by atoms with Gasteiger partial charge in [0, 0.05) is 32.7 Å². The van der Waals surface area contributed by atoms with E-state index >= 15 is 0 Å². The van der Waals surface area contributed by atoms with Crippen LogP contribution in [0.3, 0.4) is 0 Å². The number of halogens is 3. The van der Waals surface area contributed by atoms with Gasteiger partial charge in [-0.15, -0.1) is 0 Å². The van der Waals surface area contributed by atoms with E-state index in [1.165, 1.54) is 17.7 Å². The lowest BCUT2D eigenvalue weighted by Gasteiger charge is -2.29. The second-order valence-corrected chi connectivity index (χ2v) is 6.68. The number of nitrogens with zero attached hydrogens (tertiary/aromatic N) is 3. The van der Waals surface area contributed by atoms with Gasteiger partial charge in [0.25, 0.3) is 0 Å². The Hall–Kier alpha value is -1.02. The third kappa shape index (κ3) is 6.55. The summed E-state index contributed by atoms with van der Waals surface area (Å²) in [4.78, 5) is 7.97. The molecule has 2 heterocycles. The Morgan fingerprint density at radius 1 is 1.17 bits per heavy atom. The van der Waals surface area contributed by atoms with Crippen LogP contribution in [0.25, 0.3) is 0 Å². The zero-order chi connectivity index (χ0) is 16.9. The van der Waals surface area contributed by atoms with Crippen molar-refractivity contribution in [3.8, 4) is 0 Å². The summed E-state index contributed by atoms with van der Waals surface area (Å²) in [6.07, 6.45) is -1.07. The van der Waals surface area contributed by atoms with Gasteiger partial charge in [0.05, 0.1) is 6.54 Å². The number of piperidine rings is 1. The average molecular weight is 335 g/mol. The van der Waals surface area contributed by atoms with Crippen LogP contribution in [0.2, 0.25) is 0 Å². The van der Waals surface area contributed by atoms with Crippen molar-refractivity contribution in [1.82, 2.24) is 20.4 Å². The lowest BCUT2D eigenvalue weighted by atomic mass is 9.97. The first kappa shape index (κ1) is 18.3. The van der Waals surface area contributed by atoms with Crippen LogP contribution >= 0.6 is 0 Å². The molecule has 0 amide bonds. The fraction of sp³-hybridized carbons (Fsp3) is 0.933. The van der Waals surface area contributed by atoms with Crippen LogP contribution in [0.15, 0.2) is 4.99 Å². The standard InChI is InChI=1S/C15H28F3N5/c1-19-14(20-9-12-3-6-22(2)7-4-12)21-13-5-8-23(10-13)11-15(16,17)18/h12-13H,3-11H2,1-2H3,(H2,19,20,21). The van der Waals surface area contributed by atoms with Crippen molar-refractivity contribution < 1.29 is 13.2 Å². The molecule has 134 valence electrons. The highest BCUT2D eigenvalue weighted by Crippen LogP contribution is 2.20. The minimum atomic E-state index is -4.12. The summed E-state index contributed by atoms with van der Waals surface area (Å²) in [5.74, 6) is 1.33. The molecule has 1 atom stereocenters. The number of guanidine groups is 1. The summed E-state index contributed by atoms with van der Waals surface area (Å²) in [6.45, 7) is 3.16. The van der Waals surface area contributed by atoms with Crippen molar-refractivity contribution in [2.24, 2.45) is 10.9 Å². The first-order valence-electron chi connectivity index (χ1n) is 8.30. The van der Waals surface area contributed by atoms with Crippen LogP contribution in [0.4, 0.5) is 13.2 Å². The van der Waals surface area contributed by atoms with E-state index in [1.54, 1.807) is 7.05 Å². The first-order valence-corrected chi connectivity index (χ1v) is 8.30. The third-order valence-electron chi connectivity index (χ3n) is 4.64. The van der Waals surface area contributed by atoms with E-state index in [0.717, 1.165) is 19.6 Å². The van der Waals surface area contributed by atoms with E-state index in [4.69, 9.17) is 0 Å². The lowest BCUT2D eigenvalue weighted by Crippen LogP contribution is -2.47. The van der Waals surface area contributed by atoms with E-state index in [9.17, 15) is 13.2 Å². The summed E-state index contributed by atoms with van der Waals surface area (Å²) in [5, 5.41) is 6.57. The van der Waals surface area contributed by atoms with E-state index in [1.807, 2.05) is 0 Å². The van der Waals surface area contributed by atoms with E-state index in [2.05, 4.69) is 27.6 Å². The lowest BCUT2D eigenvalue weighted by molar-refractivity contribution is -0.143. The number of rotatable bonds is 4. The molecule has 5 nitrogen and oxygen atoms in total. The van der Waals surface area contributed by atoms with Gasteiger partial charge in [0.1, 0.15) is 0 Å². The fourth-order valence-corrected chi connectivity index (χ4v) is 3.24. The van der Waals surface area contributed by atoms with Crippen LogP contribution in [0.1, 0.15) is 19.3 Å². The molecule has 0 aromatic rings. The topological polar surface area (TPSA) is 42.9 Å². The van der Waals surface area contributed by atoms with Gasteiger partial charge >= 0.3 is 6.18 Å². The summed E-state index contributed by atoms with van der Waals surface area (Å²) in [5.41, 5.74) is 0. The number of likely N-dealkylation sites (tertiary alicyclic amines) is 2. The van der Waals surface area contributed by atoms with E-state index in [-0.39, 0.29) is 6.04 Å². The Labute approximate surface area is 136 Å². The fourth-order valence-electron chi connectivity index (χ4n) is 3.24. The first-order chi connectivity index (χ1) is 10.9. The molecule has 0 radical (unpaired) electrons. The van der Waals surface area contributed by atoms with Gasteiger partial charge in [-0.25, -0.2) is 0 Å². The molecule has 0 saturated carbocycles. The molecule has 0 aromatic heterocycles. The predicted octanol–water partition coefficient (Wildman–Crippen LogP) is 1.13. The molecule has 23 heavy (non-hydrogen) atoms. The molecule has 8 heteroatoms. The molecule has 0 aromatic carbocycles. The van der Waals surface area contributed by atoms with Crippen LogP contribution in [0.5, 0.6) is 0 Å². The second-order valence-electron chi connectivity index (χ2n) is 6.68. The molecule has 2 fully saturated rings. The van der Waals surface area contributed by atoms with Crippen LogP contribution in [-0.2, 0) is 0 Å². The van der Waals surface area contributed by atoms with Gasteiger partial charge in [-0.3, -0.25) is 9.89 Å². The molecule has 1 unspecified atom stereocenters. The molecule has 2 aliphatic heterocycles. The minimum absolute atomic E-state index is 0.0287.